The molecule has 1 aromatic carbocycles. The summed E-state index contributed by atoms with van der Waals surface area (Å²) in [5.74, 6) is 0.125. The molecule has 3 nitrogen and oxygen atoms in total. The third-order valence-electron chi connectivity index (χ3n) is 1.99. The zero-order valence-corrected chi connectivity index (χ0v) is 8.28. The second-order valence-electron chi connectivity index (χ2n) is 2.91. The third-order valence-corrected chi connectivity index (χ3v) is 2.17. The summed E-state index contributed by atoms with van der Waals surface area (Å²) in [6.45, 7) is 1.90. The fourth-order valence-corrected chi connectivity index (χ4v) is 1.43. The Morgan fingerprint density at radius 3 is 2.93 bits per heavy atom. The number of rotatable bonds is 1. The quantitative estimate of drug-likeness (QED) is 0.565. The standard InChI is InChI=1S/C9H7BClN2O/c1-10-6-2-5-4-12-9(11)13-8(5)7(14)3-6/h2-4,14H,1H3. The first kappa shape index (κ1) is 9.28. The molecule has 0 fully saturated rings. The van der Waals surface area contributed by atoms with Crippen molar-refractivity contribution in [1.82, 2.24) is 9.97 Å². The molecule has 1 N–H and O–H groups in total. The van der Waals surface area contributed by atoms with E-state index in [-0.39, 0.29) is 11.0 Å². The third kappa shape index (κ3) is 1.53. The minimum Gasteiger partial charge on any atom is -0.506 e. The molecule has 5 heteroatoms. The SMILES string of the molecule is C[B]c1cc(O)c2nc(Cl)ncc2c1. The highest BCUT2D eigenvalue weighted by molar-refractivity contribution is 6.52. The molecule has 2 rings (SSSR count). The number of nitrogens with zero attached hydrogens (tertiary/aromatic N) is 2. The van der Waals surface area contributed by atoms with Crippen molar-refractivity contribution in [3.05, 3.63) is 23.6 Å². The van der Waals surface area contributed by atoms with E-state index in [0.29, 0.717) is 5.52 Å². The van der Waals surface area contributed by atoms with Gasteiger partial charge in [0, 0.05) is 11.6 Å². The molecule has 0 bridgehead atoms. The highest BCUT2D eigenvalue weighted by atomic mass is 35.5. The van der Waals surface area contributed by atoms with Gasteiger partial charge in [0.25, 0.3) is 0 Å². The second-order valence-corrected chi connectivity index (χ2v) is 3.24. The normalized spacial score (nSPS) is 10.4. The predicted octanol–water partition coefficient (Wildman–Crippen LogP) is 1.37. The van der Waals surface area contributed by atoms with Crippen LogP contribution in [0.5, 0.6) is 5.75 Å². The lowest BCUT2D eigenvalue weighted by Gasteiger charge is -2.02. The highest BCUT2D eigenvalue weighted by Gasteiger charge is 2.04. The lowest BCUT2D eigenvalue weighted by Crippen LogP contribution is -2.09. The molecule has 1 heterocycles. The molecule has 1 aromatic heterocycles. The molecule has 1 radical (unpaired) electrons. The maximum atomic E-state index is 9.64. The van der Waals surface area contributed by atoms with Crippen LogP contribution in [-0.2, 0) is 0 Å². The van der Waals surface area contributed by atoms with Gasteiger partial charge in [-0.2, -0.15) is 0 Å². The molecule has 2 aromatic rings. The topological polar surface area (TPSA) is 46.0 Å². The molecule has 0 saturated heterocycles. The Labute approximate surface area is 87.0 Å². The van der Waals surface area contributed by atoms with Crippen LogP contribution in [-0.4, -0.2) is 22.4 Å². The molecule has 0 unspecified atom stereocenters. The summed E-state index contributed by atoms with van der Waals surface area (Å²) in [6.07, 6.45) is 1.59. The summed E-state index contributed by atoms with van der Waals surface area (Å²) in [5.41, 5.74) is 1.41. The van der Waals surface area contributed by atoms with Crippen molar-refractivity contribution in [1.29, 1.82) is 0 Å². The van der Waals surface area contributed by atoms with Crippen molar-refractivity contribution >= 4 is 35.2 Å². The van der Waals surface area contributed by atoms with Crippen LogP contribution in [0.3, 0.4) is 0 Å². The molecular weight excluding hydrogens is 198 g/mol. The molecule has 0 aliphatic heterocycles. The van der Waals surface area contributed by atoms with E-state index in [1.54, 1.807) is 12.3 Å². The number of aromatic nitrogens is 2. The number of fused-ring (bicyclic) bond motifs is 1. The molecule has 0 atom stereocenters. The van der Waals surface area contributed by atoms with Crippen molar-refractivity contribution in [2.75, 3.05) is 0 Å². The Balaban J connectivity index is 2.76. The summed E-state index contributed by atoms with van der Waals surface area (Å²) in [4.78, 5) is 7.79. The van der Waals surface area contributed by atoms with Gasteiger partial charge in [-0.25, -0.2) is 9.97 Å². The molecular formula is C9H7BClN2O. The predicted molar refractivity (Wildman–Crippen MR) is 57.5 cm³/mol. The molecule has 69 valence electrons. The summed E-state index contributed by atoms with van der Waals surface area (Å²) in [5, 5.41) is 10.6. The summed E-state index contributed by atoms with van der Waals surface area (Å²) in [6, 6.07) is 3.54. The smallest absolute Gasteiger partial charge is 0.223 e. The van der Waals surface area contributed by atoms with Crippen LogP contribution < -0.4 is 5.46 Å². The molecule has 14 heavy (non-hydrogen) atoms. The van der Waals surface area contributed by atoms with E-state index in [1.807, 2.05) is 20.2 Å². The van der Waals surface area contributed by atoms with E-state index in [4.69, 9.17) is 11.6 Å². The Kier molecular flexibility index (Phi) is 2.29. The zero-order valence-electron chi connectivity index (χ0n) is 7.53. The number of benzene rings is 1. The first-order chi connectivity index (χ1) is 6.70. The monoisotopic (exact) mass is 205 g/mol. The lowest BCUT2D eigenvalue weighted by atomic mass is 9.73. The van der Waals surface area contributed by atoms with Gasteiger partial charge in [-0.3, -0.25) is 0 Å². The maximum absolute atomic E-state index is 9.64. The summed E-state index contributed by atoms with van der Waals surface area (Å²) >= 11 is 5.62. The van der Waals surface area contributed by atoms with E-state index in [9.17, 15) is 5.11 Å². The molecule has 0 aliphatic carbocycles. The lowest BCUT2D eigenvalue weighted by molar-refractivity contribution is 0.480. The molecule has 0 amide bonds. The van der Waals surface area contributed by atoms with Crippen LogP contribution >= 0.6 is 11.6 Å². The largest absolute Gasteiger partial charge is 0.506 e. The number of aromatic hydroxyl groups is 1. The van der Waals surface area contributed by atoms with Crippen LogP contribution in [0, 0.1) is 0 Å². The van der Waals surface area contributed by atoms with E-state index >= 15 is 0 Å². The van der Waals surface area contributed by atoms with Gasteiger partial charge in [0.15, 0.2) is 0 Å². The first-order valence-electron chi connectivity index (χ1n) is 4.15. The highest BCUT2D eigenvalue weighted by Crippen LogP contribution is 2.21. The Bertz CT molecular complexity index is 489. The van der Waals surface area contributed by atoms with Crippen molar-refractivity contribution in [2.24, 2.45) is 0 Å². The van der Waals surface area contributed by atoms with Crippen molar-refractivity contribution in [3.63, 3.8) is 0 Å². The van der Waals surface area contributed by atoms with Gasteiger partial charge in [0.2, 0.25) is 5.28 Å². The molecule has 0 spiro atoms. The van der Waals surface area contributed by atoms with Crippen LogP contribution in [0.2, 0.25) is 12.1 Å². The summed E-state index contributed by atoms with van der Waals surface area (Å²) < 4.78 is 0. The molecule has 0 saturated carbocycles. The maximum Gasteiger partial charge on any atom is 0.223 e. The number of halogens is 1. The fraction of sp³-hybridized carbons (Fsp3) is 0.111. The average molecular weight is 205 g/mol. The number of phenols is 1. The average Bonchev–Trinajstić information content (AvgIpc) is 2.19. The van der Waals surface area contributed by atoms with E-state index in [1.165, 1.54) is 0 Å². The van der Waals surface area contributed by atoms with Crippen LogP contribution in [0.25, 0.3) is 10.9 Å². The number of phenolic OH excluding ortho intramolecular Hbond substituents is 1. The minimum absolute atomic E-state index is 0.125. The Morgan fingerprint density at radius 1 is 1.43 bits per heavy atom. The Hall–Kier alpha value is -1.29. The second kappa shape index (κ2) is 3.46. The van der Waals surface area contributed by atoms with Crippen LogP contribution in [0.4, 0.5) is 0 Å². The van der Waals surface area contributed by atoms with E-state index in [0.717, 1.165) is 10.8 Å². The van der Waals surface area contributed by atoms with Gasteiger partial charge in [-0.05, 0) is 17.7 Å². The van der Waals surface area contributed by atoms with Crippen LogP contribution in [0.15, 0.2) is 18.3 Å². The minimum atomic E-state index is 0.125. The van der Waals surface area contributed by atoms with Gasteiger partial charge in [-0.1, -0.05) is 18.4 Å². The van der Waals surface area contributed by atoms with Gasteiger partial charge >= 0.3 is 0 Å². The van der Waals surface area contributed by atoms with Crippen molar-refractivity contribution in [2.45, 2.75) is 6.82 Å². The van der Waals surface area contributed by atoms with Crippen molar-refractivity contribution in [3.8, 4) is 5.75 Å². The first-order valence-corrected chi connectivity index (χ1v) is 4.53. The van der Waals surface area contributed by atoms with Gasteiger partial charge in [0.05, 0.1) is 0 Å². The fourth-order valence-electron chi connectivity index (χ4n) is 1.29. The molecule has 0 aliphatic rings. The van der Waals surface area contributed by atoms with E-state index in [2.05, 4.69) is 9.97 Å². The zero-order chi connectivity index (χ0) is 10.1. The number of hydrogen-bond acceptors (Lipinski definition) is 3. The number of hydrogen-bond donors (Lipinski definition) is 1. The Morgan fingerprint density at radius 2 is 2.21 bits per heavy atom. The van der Waals surface area contributed by atoms with Gasteiger partial charge in [0.1, 0.15) is 18.5 Å². The van der Waals surface area contributed by atoms with E-state index < -0.39 is 0 Å². The van der Waals surface area contributed by atoms with Crippen LogP contribution in [0.1, 0.15) is 0 Å². The van der Waals surface area contributed by atoms with Gasteiger partial charge in [-0.15, -0.1) is 0 Å². The summed E-state index contributed by atoms with van der Waals surface area (Å²) in [7, 11) is 1.90. The van der Waals surface area contributed by atoms with Crippen molar-refractivity contribution < 1.29 is 5.11 Å². The van der Waals surface area contributed by atoms with Gasteiger partial charge < -0.3 is 5.11 Å².